The summed E-state index contributed by atoms with van der Waals surface area (Å²) in [4.78, 5) is 37.6. The summed E-state index contributed by atoms with van der Waals surface area (Å²) in [6, 6.07) is 13.5. The number of carbonyl (C=O) groups is 3. The number of nitrogens with one attached hydrogen (secondary N) is 1. The van der Waals surface area contributed by atoms with Crippen molar-refractivity contribution in [1.82, 2.24) is 5.32 Å². The number of carbonyl (C=O) groups excluding carboxylic acids is 3. The standard InChI is InChI=1S/C21H21ClN2O4/c1-14(15-4-8-17(22)9-5-15)23-19(25)13-28-21(27)16-6-10-18(11-7-16)24-12-2-3-20(24)26/h4-11,14H,2-3,12-13H2,1H3,(H,23,25)/t14-/m1/s1. The molecule has 1 heterocycles. The van der Waals surface area contributed by atoms with Gasteiger partial charge in [0.25, 0.3) is 5.91 Å². The Morgan fingerprint density at radius 1 is 1.14 bits per heavy atom. The van der Waals surface area contributed by atoms with Crippen LogP contribution in [-0.4, -0.2) is 30.9 Å². The van der Waals surface area contributed by atoms with Crippen molar-refractivity contribution in [2.24, 2.45) is 0 Å². The summed E-state index contributed by atoms with van der Waals surface area (Å²) in [6.07, 6.45) is 1.39. The van der Waals surface area contributed by atoms with Crippen molar-refractivity contribution in [3.63, 3.8) is 0 Å². The lowest BCUT2D eigenvalue weighted by Gasteiger charge is -2.16. The van der Waals surface area contributed by atoms with Gasteiger partial charge in [-0.15, -0.1) is 0 Å². The summed E-state index contributed by atoms with van der Waals surface area (Å²) >= 11 is 5.85. The molecule has 1 saturated heterocycles. The molecule has 146 valence electrons. The van der Waals surface area contributed by atoms with Gasteiger partial charge < -0.3 is 15.0 Å². The van der Waals surface area contributed by atoms with Crippen LogP contribution in [0.25, 0.3) is 0 Å². The van der Waals surface area contributed by atoms with Crippen molar-refractivity contribution in [3.8, 4) is 0 Å². The minimum Gasteiger partial charge on any atom is -0.452 e. The number of benzene rings is 2. The fraction of sp³-hybridized carbons (Fsp3) is 0.286. The summed E-state index contributed by atoms with van der Waals surface area (Å²) in [5.74, 6) is -0.898. The third kappa shape index (κ3) is 4.89. The lowest BCUT2D eigenvalue weighted by atomic mass is 10.1. The highest BCUT2D eigenvalue weighted by atomic mass is 35.5. The number of ether oxygens (including phenoxy) is 1. The molecule has 0 radical (unpaired) electrons. The van der Waals surface area contributed by atoms with Gasteiger partial charge in [0.15, 0.2) is 6.61 Å². The summed E-state index contributed by atoms with van der Waals surface area (Å²) in [5.41, 5.74) is 1.98. The van der Waals surface area contributed by atoms with Crippen LogP contribution < -0.4 is 10.2 Å². The zero-order valence-electron chi connectivity index (χ0n) is 15.5. The molecule has 0 aromatic heterocycles. The van der Waals surface area contributed by atoms with Gasteiger partial charge in [-0.05, 0) is 55.3 Å². The molecule has 3 rings (SSSR count). The molecule has 0 saturated carbocycles. The summed E-state index contributed by atoms with van der Waals surface area (Å²) in [7, 11) is 0. The topological polar surface area (TPSA) is 75.7 Å². The minimum absolute atomic E-state index is 0.0850. The average Bonchev–Trinajstić information content (AvgIpc) is 3.12. The first kappa shape index (κ1) is 19.9. The second-order valence-corrected chi connectivity index (χ2v) is 7.05. The quantitative estimate of drug-likeness (QED) is 0.753. The zero-order chi connectivity index (χ0) is 20.1. The van der Waals surface area contributed by atoms with E-state index < -0.39 is 11.9 Å². The van der Waals surface area contributed by atoms with Crippen LogP contribution >= 0.6 is 11.6 Å². The van der Waals surface area contributed by atoms with Gasteiger partial charge in [-0.1, -0.05) is 23.7 Å². The highest BCUT2D eigenvalue weighted by Crippen LogP contribution is 2.22. The van der Waals surface area contributed by atoms with Crippen LogP contribution in [-0.2, 0) is 14.3 Å². The van der Waals surface area contributed by atoms with Crippen LogP contribution in [0.3, 0.4) is 0 Å². The molecule has 0 spiro atoms. The molecule has 2 aromatic rings. The van der Waals surface area contributed by atoms with E-state index in [1.54, 1.807) is 41.3 Å². The second kappa shape index (κ2) is 8.89. The third-order valence-electron chi connectivity index (χ3n) is 4.57. The van der Waals surface area contributed by atoms with Crippen LogP contribution in [0.5, 0.6) is 0 Å². The Kier molecular flexibility index (Phi) is 6.31. The Morgan fingerprint density at radius 2 is 1.82 bits per heavy atom. The maximum atomic E-state index is 12.1. The minimum atomic E-state index is -0.589. The fourth-order valence-corrected chi connectivity index (χ4v) is 3.16. The number of halogens is 1. The Labute approximate surface area is 168 Å². The van der Waals surface area contributed by atoms with Gasteiger partial charge in [0, 0.05) is 23.7 Å². The normalized spacial score (nSPS) is 14.6. The van der Waals surface area contributed by atoms with E-state index in [9.17, 15) is 14.4 Å². The van der Waals surface area contributed by atoms with E-state index in [2.05, 4.69) is 5.32 Å². The maximum Gasteiger partial charge on any atom is 0.338 e. The number of anilines is 1. The van der Waals surface area contributed by atoms with E-state index in [1.165, 1.54) is 0 Å². The Morgan fingerprint density at radius 3 is 2.43 bits per heavy atom. The smallest absolute Gasteiger partial charge is 0.338 e. The number of nitrogens with zero attached hydrogens (tertiary/aromatic N) is 1. The molecule has 2 amide bonds. The Balaban J connectivity index is 1.49. The first-order valence-electron chi connectivity index (χ1n) is 9.06. The number of esters is 1. The molecule has 1 N–H and O–H groups in total. The van der Waals surface area contributed by atoms with E-state index in [4.69, 9.17) is 16.3 Å². The maximum absolute atomic E-state index is 12.1. The second-order valence-electron chi connectivity index (χ2n) is 6.61. The number of amides is 2. The fourth-order valence-electron chi connectivity index (χ4n) is 3.03. The Bertz CT molecular complexity index is 865. The summed E-state index contributed by atoms with van der Waals surface area (Å²) in [6.45, 7) is 2.15. The van der Waals surface area contributed by atoms with Crippen molar-refractivity contribution in [3.05, 3.63) is 64.7 Å². The number of rotatable bonds is 6. The summed E-state index contributed by atoms with van der Waals surface area (Å²) < 4.78 is 5.08. The molecular formula is C21H21ClN2O4. The van der Waals surface area contributed by atoms with Gasteiger partial charge in [-0.25, -0.2) is 4.79 Å². The van der Waals surface area contributed by atoms with E-state index in [-0.39, 0.29) is 18.6 Å². The lowest BCUT2D eigenvalue weighted by Crippen LogP contribution is -2.31. The van der Waals surface area contributed by atoms with Crippen molar-refractivity contribution in [2.75, 3.05) is 18.1 Å². The molecule has 6 nitrogen and oxygen atoms in total. The van der Waals surface area contributed by atoms with Gasteiger partial charge in [0.05, 0.1) is 11.6 Å². The monoisotopic (exact) mass is 400 g/mol. The van der Waals surface area contributed by atoms with E-state index >= 15 is 0 Å². The van der Waals surface area contributed by atoms with Gasteiger partial charge in [0.1, 0.15) is 0 Å². The van der Waals surface area contributed by atoms with Crippen molar-refractivity contribution in [1.29, 1.82) is 0 Å². The summed E-state index contributed by atoms with van der Waals surface area (Å²) in [5, 5.41) is 3.39. The third-order valence-corrected chi connectivity index (χ3v) is 4.82. The average molecular weight is 401 g/mol. The van der Waals surface area contributed by atoms with Crippen molar-refractivity contribution < 1.29 is 19.1 Å². The predicted octanol–water partition coefficient (Wildman–Crippen LogP) is 3.50. The van der Waals surface area contributed by atoms with Crippen molar-refractivity contribution >= 4 is 35.1 Å². The lowest BCUT2D eigenvalue weighted by molar-refractivity contribution is -0.124. The SMILES string of the molecule is C[C@@H](NC(=O)COC(=O)c1ccc(N2CCCC2=O)cc1)c1ccc(Cl)cc1. The van der Waals surface area contributed by atoms with Crippen LogP contribution in [0.2, 0.25) is 5.02 Å². The molecule has 1 aliphatic rings. The van der Waals surface area contributed by atoms with Crippen LogP contribution in [0.1, 0.15) is 41.7 Å². The number of hydrogen-bond acceptors (Lipinski definition) is 4. The van der Waals surface area contributed by atoms with Crippen LogP contribution in [0.4, 0.5) is 5.69 Å². The van der Waals surface area contributed by atoms with Gasteiger partial charge in [0.2, 0.25) is 5.91 Å². The molecule has 0 unspecified atom stereocenters. The van der Waals surface area contributed by atoms with E-state index in [1.807, 2.05) is 19.1 Å². The van der Waals surface area contributed by atoms with Gasteiger partial charge in [-0.3, -0.25) is 9.59 Å². The highest BCUT2D eigenvalue weighted by Gasteiger charge is 2.22. The molecule has 0 aliphatic carbocycles. The van der Waals surface area contributed by atoms with Gasteiger partial charge >= 0.3 is 5.97 Å². The van der Waals surface area contributed by atoms with Gasteiger partial charge in [-0.2, -0.15) is 0 Å². The molecule has 1 fully saturated rings. The number of hydrogen-bond donors (Lipinski definition) is 1. The molecule has 7 heteroatoms. The molecule has 1 aliphatic heterocycles. The predicted molar refractivity (Wildman–Crippen MR) is 106 cm³/mol. The van der Waals surface area contributed by atoms with E-state index in [0.717, 1.165) is 17.7 Å². The zero-order valence-corrected chi connectivity index (χ0v) is 16.2. The molecule has 28 heavy (non-hydrogen) atoms. The molecule has 1 atom stereocenters. The van der Waals surface area contributed by atoms with E-state index in [0.29, 0.717) is 23.6 Å². The Hall–Kier alpha value is -2.86. The molecule has 2 aromatic carbocycles. The first-order valence-corrected chi connectivity index (χ1v) is 9.44. The first-order chi connectivity index (χ1) is 13.4. The largest absolute Gasteiger partial charge is 0.452 e. The van der Waals surface area contributed by atoms with Crippen LogP contribution in [0, 0.1) is 0 Å². The van der Waals surface area contributed by atoms with Crippen molar-refractivity contribution in [2.45, 2.75) is 25.8 Å². The molecular weight excluding hydrogens is 380 g/mol. The molecule has 0 bridgehead atoms. The van der Waals surface area contributed by atoms with Crippen LogP contribution in [0.15, 0.2) is 48.5 Å². The highest BCUT2D eigenvalue weighted by molar-refractivity contribution is 6.30.